The molecule has 0 saturated carbocycles. The van der Waals surface area contributed by atoms with E-state index in [4.69, 9.17) is 10.7 Å². The highest BCUT2D eigenvalue weighted by Crippen LogP contribution is 2.44. The van der Waals surface area contributed by atoms with Crippen LogP contribution >= 0.6 is 11.3 Å². The SMILES string of the molecule is Cc1c(-c2cc(C(=O)Nc3c(C(N)=O)sc4nc(C(F)(F)F)cc(-c5cnn(C)c5C)c34)c3ccccc3n2)cnn1C. The first kappa shape index (κ1) is 28.0. The molecule has 0 spiro atoms. The molecule has 0 unspecified atom stereocenters. The Hall–Kier alpha value is -5.11. The first-order valence-corrected chi connectivity index (χ1v) is 13.7. The second-order valence-corrected chi connectivity index (χ2v) is 11.0. The molecule has 6 rings (SSSR count). The minimum absolute atomic E-state index is 0.0306. The number of aromatic nitrogens is 6. The number of primary amides is 1. The van der Waals surface area contributed by atoms with Gasteiger partial charge in [-0.05, 0) is 37.6 Å². The lowest BCUT2D eigenvalue weighted by Gasteiger charge is -2.13. The fourth-order valence-electron chi connectivity index (χ4n) is 4.94. The maximum atomic E-state index is 14.0. The highest BCUT2D eigenvalue weighted by Gasteiger charge is 2.35. The molecule has 0 aliphatic heterocycles. The van der Waals surface area contributed by atoms with Crippen molar-refractivity contribution in [1.29, 1.82) is 0 Å². The molecule has 0 aliphatic rings. The molecule has 43 heavy (non-hydrogen) atoms. The minimum atomic E-state index is -4.77. The number of pyridine rings is 2. The number of hydrogen-bond donors (Lipinski definition) is 2. The maximum absolute atomic E-state index is 14.0. The summed E-state index contributed by atoms with van der Waals surface area (Å²) in [5.41, 5.74) is 8.40. The second-order valence-electron chi connectivity index (χ2n) is 9.96. The molecular formula is C29H23F3N8O2S. The van der Waals surface area contributed by atoms with Crippen molar-refractivity contribution in [3.05, 3.63) is 76.3 Å². The number of carbonyl (C=O) groups excluding carboxylic acids is 2. The van der Waals surface area contributed by atoms with Gasteiger partial charge in [0.1, 0.15) is 15.4 Å². The van der Waals surface area contributed by atoms with E-state index >= 15 is 0 Å². The van der Waals surface area contributed by atoms with E-state index in [2.05, 4.69) is 20.5 Å². The number of amides is 2. The van der Waals surface area contributed by atoms with Crippen LogP contribution in [0.4, 0.5) is 18.9 Å². The van der Waals surface area contributed by atoms with E-state index < -0.39 is 23.7 Å². The van der Waals surface area contributed by atoms with Crippen LogP contribution in [0.5, 0.6) is 0 Å². The monoisotopic (exact) mass is 604 g/mol. The topological polar surface area (TPSA) is 134 Å². The van der Waals surface area contributed by atoms with Crippen molar-refractivity contribution >= 4 is 50.0 Å². The number of anilines is 1. The van der Waals surface area contributed by atoms with Gasteiger partial charge in [-0.15, -0.1) is 11.3 Å². The number of aryl methyl sites for hydroxylation is 2. The molecule has 0 fully saturated rings. The van der Waals surface area contributed by atoms with Gasteiger partial charge >= 0.3 is 6.18 Å². The molecule has 0 saturated heterocycles. The van der Waals surface area contributed by atoms with Gasteiger partial charge in [-0.2, -0.15) is 23.4 Å². The molecule has 5 aromatic heterocycles. The number of nitrogens with two attached hydrogens (primary N) is 1. The molecule has 3 N–H and O–H groups in total. The molecule has 0 aliphatic carbocycles. The minimum Gasteiger partial charge on any atom is -0.365 e. The average molecular weight is 605 g/mol. The number of para-hydroxylation sites is 1. The Morgan fingerprint density at radius 1 is 0.930 bits per heavy atom. The van der Waals surface area contributed by atoms with Crippen molar-refractivity contribution in [2.75, 3.05) is 5.32 Å². The zero-order valence-corrected chi connectivity index (χ0v) is 24.1. The summed E-state index contributed by atoms with van der Waals surface area (Å²) in [5, 5.41) is 11.9. The maximum Gasteiger partial charge on any atom is 0.433 e. The third-order valence-corrected chi connectivity index (χ3v) is 8.51. The van der Waals surface area contributed by atoms with Crippen LogP contribution in [-0.4, -0.2) is 41.3 Å². The fourth-order valence-corrected chi connectivity index (χ4v) is 5.95. The van der Waals surface area contributed by atoms with E-state index in [0.717, 1.165) is 17.3 Å². The zero-order valence-electron chi connectivity index (χ0n) is 23.2. The quantitative estimate of drug-likeness (QED) is 0.262. The second kappa shape index (κ2) is 10.0. The summed E-state index contributed by atoms with van der Waals surface area (Å²) in [6.07, 6.45) is -1.69. The number of fused-ring (bicyclic) bond motifs is 2. The third-order valence-electron chi connectivity index (χ3n) is 7.41. The van der Waals surface area contributed by atoms with Crippen LogP contribution in [0.1, 0.15) is 37.1 Å². The van der Waals surface area contributed by atoms with Crippen LogP contribution in [0.3, 0.4) is 0 Å². The van der Waals surface area contributed by atoms with Gasteiger partial charge in [0.2, 0.25) is 0 Å². The summed E-state index contributed by atoms with van der Waals surface area (Å²) in [7, 11) is 3.45. The normalized spacial score (nSPS) is 11.9. The van der Waals surface area contributed by atoms with Crippen LogP contribution in [0.2, 0.25) is 0 Å². The number of nitrogens with one attached hydrogen (secondary N) is 1. The van der Waals surface area contributed by atoms with Crippen LogP contribution in [0.25, 0.3) is 43.5 Å². The molecule has 1 aromatic carbocycles. The predicted molar refractivity (Wildman–Crippen MR) is 157 cm³/mol. The summed E-state index contributed by atoms with van der Waals surface area (Å²) in [6.45, 7) is 3.58. The Labute approximate surface area is 246 Å². The summed E-state index contributed by atoms with van der Waals surface area (Å²) in [4.78, 5) is 34.9. The number of benzene rings is 1. The smallest absolute Gasteiger partial charge is 0.365 e. The first-order chi connectivity index (χ1) is 20.3. The lowest BCUT2D eigenvalue weighted by Crippen LogP contribution is -2.17. The van der Waals surface area contributed by atoms with E-state index in [0.29, 0.717) is 39.2 Å². The van der Waals surface area contributed by atoms with Crippen LogP contribution in [0, 0.1) is 13.8 Å². The molecular weight excluding hydrogens is 581 g/mol. The van der Waals surface area contributed by atoms with Gasteiger partial charge in [0.15, 0.2) is 0 Å². The van der Waals surface area contributed by atoms with E-state index in [1.54, 1.807) is 62.2 Å². The van der Waals surface area contributed by atoms with Gasteiger partial charge in [0.25, 0.3) is 11.8 Å². The summed E-state index contributed by atoms with van der Waals surface area (Å²) < 4.78 is 45.0. The molecule has 0 atom stereocenters. The highest BCUT2D eigenvalue weighted by atomic mass is 32.1. The number of rotatable bonds is 5. The number of carbonyl (C=O) groups is 2. The van der Waals surface area contributed by atoms with Crippen LogP contribution in [-0.2, 0) is 20.3 Å². The standard InChI is InChI=1S/C29H23F3N8O2S/c1-13-18(11-34-39(13)3)16-10-22(29(30,31)32)37-28-23(16)24(25(43-28)26(33)41)38-27(42)17-9-21(19-12-35-40(4)14(19)2)36-20-8-6-5-7-15(17)20/h5-12H,1-4H3,(H2,33,41)(H,38,42). The number of halogens is 3. The summed E-state index contributed by atoms with van der Waals surface area (Å²) >= 11 is 0.678. The number of alkyl halides is 3. The van der Waals surface area contributed by atoms with E-state index in [9.17, 15) is 22.8 Å². The van der Waals surface area contributed by atoms with Gasteiger partial charge in [-0.25, -0.2) is 9.97 Å². The Kier molecular flexibility index (Phi) is 6.53. The summed E-state index contributed by atoms with van der Waals surface area (Å²) in [5.74, 6) is -1.54. The van der Waals surface area contributed by atoms with Gasteiger partial charge in [-0.1, -0.05) is 18.2 Å². The lowest BCUT2D eigenvalue weighted by molar-refractivity contribution is -0.140. The summed E-state index contributed by atoms with van der Waals surface area (Å²) in [6, 6.07) is 9.57. The van der Waals surface area contributed by atoms with Crippen molar-refractivity contribution < 1.29 is 22.8 Å². The van der Waals surface area contributed by atoms with E-state index in [1.807, 2.05) is 6.92 Å². The van der Waals surface area contributed by atoms with Crippen molar-refractivity contribution in [3.8, 4) is 22.4 Å². The Morgan fingerprint density at radius 3 is 2.19 bits per heavy atom. The molecule has 14 heteroatoms. The Bertz CT molecular complexity index is 2110. The van der Waals surface area contributed by atoms with Crippen molar-refractivity contribution in [3.63, 3.8) is 0 Å². The number of nitrogens with zero attached hydrogens (tertiary/aromatic N) is 6. The van der Waals surface area contributed by atoms with Crippen molar-refractivity contribution in [1.82, 2.24) is 29.5 Å². The number of thiophene rings is 1. The predicted octanol–water partition coefficient (Wildman–Crippen LogP) is 5.63. The van der Waals surface area contributed by atoms with Crippen LogP contribution < -0.4 is 11.1 Å². The van der Waals surface area contributed by atoms with Crippen LogP contribution in [0.15, 0.2) is 48.8 Å². The van der Waals surface area contributed by atoms with Gasteiger partial charge < -0.3 is 11.1 Å². The molecule has 5 heterocycles. The lowest BCUT2D eigenvalue weighted by atomic mass is 10.0. The third kappa shape index (κ3) is 4.69. The average Bonchev–Trinajstić information content (AvgIpc) is 3.61. The fraction of sp³-hybridized carbons (Fsp3) is 0.172. The number of hydrogen-bond acceptors (Lipinski definition) is 7. The molecule has 0 radical (unpaired) electrons. The largest absolute Gasteiger partial charge is 0.433 e. The van der Waals surface area contributed by atoms with E-state index in [1.165, 1.54) is 10.9 Å². The van der Waals surface area contributed by atoms with Gasteiger partial charge in [0.05, 0.1) is 34.9 Å². The van der Waals surface area contributed by atoms with E-state index in [-0.39, 0.29) is 31.9 Å². The van der Waals surface area contributed by atoms with Crippen molar-refractivity contribution in [2.45, 2.75) is 20.0 Å². The Balaban J connectivity index is 1.58. The van der Waals surface area contributed by atoms with Gasteiger partial charge in [0, 0.05) is 47.4 Å². The van der Waals surface area contributed by atoms with Crippen molar-refractivity contribution in [2.24, 2.45) is 19.8 Å². The molecule has 0 bridgehead atoms. The Morgan fingerprint density at radius 2 is 1.58 bits per heavy atom. The zero-order chi connectivity index (χ0) is 30.8. The molecule has 2 amide bonds. The molecule has 218 valence electrons. The van der Waals surface area contributed by atoms with Gasteiger partial charge in [-0.3, -0.25) is 19.0 Å². The molecule has 6 aromatic rings. The highest BCUT2D eigenvalue weighted by molar-refractivity contribution is 7.21. The first-order valence-electron chi connectivity index (χ1n) is 12.9. The molecule has 10 nitrogen and oxygen atoms in total.